The Kier molecular flexibility index (Phi) is 4.59. The molecule has 1 heterocycles. The van der Waals surface area contributed by atoms with Crippen LogP contribution < -0.4 is 5.32 Å². The second-order valence-corrected chi connectivity index (χ2v) is 11.4. The van der Waals surface area contributed by atoms with Crippen LogP contribution in [0.5, 0.6) is 0 Å². The van der Waals surface area contributed by atoms with Gasteiger partial charge in [0.1, 0.15) is 0 Å². The number of allylic oxidation sites excluding steroid dienone is 1. The van der Waals surface area contributed by atoms with Gasteiger partial charge in [0.25, 0.3) is 0 Å². The average Bonchev–Trinajstić information content (AvgIpc) is 3.23. The molecule has 0 aromatic heterocycles. The lowest BCUT2D eigenvalue weighted by molar-refractivity contribution is 0.0759. The highest BCUT2D eigenvalue weighted by atomic mass is 79.9. The van der Waals surface area contributed by atoms with Gasteiger partial charge in [-0.3, -0.25) is 0 Å². The van der Waals surface area contributed by atoms with Crippen LogP contribution in [0.4, 0.5) is 0 Å². The minimum Gasteiger partial charge on any atom is -0.314 e. The van der Waals surface area contributed by atoms with E-state index in [4.69, 9.17) is 0 Å². The van der Waals surface area contributed by atoms with Crippen molar-refractivity contribution in [3.8, 4) is 0 Å². The number of hydrogen-bond acceptors (Lipinski definition) is 1. The number of nitrogens with one attached hydrogen (secondary N) is 1. The monoisotopic (exact) mass is 427 g/mol. The van der Waals surface area contributed by atoms with Crippen molar-refractivity contribution in [2.24, 2.45) is 35.0 Å². The van der Waals surface area contributed by atoms with Gasteiger partial charge in [-0.05, 0) is 84.8 Å². The zero-order chi connectivity index (χ0) is 18.8. The van der Waals surface area contributed by atoms with E-state index in [0.29, 0.717) is 4.83 Å². The summed E-state index contributed by atoms with van der Waals surface area (Å²) in [5, 5.41) is 3.89. The van der Waals surface area contributed by atoms with E-state index in [2.05, 4.69) is 72.4 Å². The number of halogens is 1. The Morgan fingerprint density at radius 2 is 1.89 bits per heavy atom. The summed E-state index contributed by atoms with van der Waals surface area (Å²) in [5.74, 6) is 4.20. The Morgan fingerprint density at radius 1 is 1.07 bits per heavy atom. The van der Waals surface area contributed by atoms with E-state index in [9.17, 15) is 0 Å². The molecule has 0 amide bonds. The molecule has 1 saturated heterocycles. The van der Waals surface area contributed by atoms with Crippen molar-refractivity contribution in [2.45, 2.75) is 63.7 Å². The Bertz CT molecular complexity index is 750. The van der Waals surface area contributed by atoms with Crippen LogP contribution in [0.2, 0.25) is 0 Å². The minimum atomic E-state index is 0.284. The maximum atomic E-state index is 4.21. The molecule has 3 aliphatic carbocycles. The highest BCUT2D eigenvalue weighted by Crippen LogP contribution is 2.60. The van der Waals surface area contributed by atoms with Crippen LogP contribution >= 0.6 is 15.9 Å². The first-order valence-corrected chi connectivity index (χ1v) is 12.0. The van der Waals surface area contributed by atoms with Gasteiger partial charge in [0.2, 0.25) is 0 Å². The van der Waals surface area contributed by atoms with Gasteiger partial charge in [0.15, 0.2) is 0 Å². The highest BCUT2D eigenvalue weighted by molar-refractivity contribution is 9.09. The van der Waals surface area contributed by atoms with Crippen LogP contribution in [0.25, 0.3) is 6.08 Å². The summed E-state index contributed by atoms with van der Waals surface area (Å²) >= 11 is 4.21. The van der Waals surface area contributed by atoms with Crippen LogP contribution in [0.1, 0.15) is 57.6 Å². The van der Waals surface area contributed by atoms with Gasteiger partial charge in [-0.15, -0.1) is 0 Å². The summed E-state index contributed by atoms with van der Waals surface area (Å²) in [6, 6.07) is 9.74. The number of alkyl halides is 1. The zero-order valence-electron chi connectivity index (χ0n) is 17.0. The lowest BCUT2D eigenvalue weighted by atomic mass is 9.60. The minimum absolute atomic E-state index is 0.284. The Labute approximate surface area is 173 Å². The third-order valence-corrected chi connectivity index (χ3v) is 10.0. The lowest BCUT2D eigenvalue weighted by Gasteiger charge is -2.49. The summed E-state index contributed by atoms with van der Waals surface area (Å²) in [4.78, 5) is 0.715. The Balaban J connectivity index is 1.44. The fourth-order valence-corrected chi connectivity index (χ4v) is 8.75. The molecule has 146 valence electrons. The van der Waals surface area contributed by atoms with Gasteiger partial charge >= 0.3 is 0 Å². The number of hydrogen-bond donors (Lipinski definition) is 1. The number of benzene rings is 1. The number of fused-ring (bicyclic) bond motifs is 3. The smallest absolute Gasteiger partial charge is 0.0220 e. The molecule has 0 bridgehead atoms. The maximum Gasteiger partial charge on any atom is 0.0220 e. The van der Waals surface area contributed by atoms with Crippen LogP contribution in [0.3, 0.4) is 0 Å². The predicted molar refractivity (Wildman–Crippen MR) is 118 cm³/mol. The number of rotatable bonds is 2. The summed E-state index contributed by atoms with van der Waals surface area (Å²) < 4.78 is 0. The van der Waals surface area contributed by atoms with E-state index in [0.717, 1.165) is 42.1 Å². The van der Waals surface area contributed by atoms with E-state index in [1.807, 2.05) is 0 Å². The molecule has 7 unspecified atom stereocenters. The highest BCUT2D eigenvalue weighted by Gasteiger charge is 2.56. The van der Waals surface area contributed by atoms with Crippen molar-refractivity contribution >= 4 is 22.0 Å². The van der Waals surface area contributed by atoms with Crippen LogP contribution in [0, 0.1) is 35.0 Å². The van der Waals surface area contributed by atoms with Crippen molar-refractivity contribution in [3.05, 3.63) is 41.0 Å². The summed E-state index contributed by atoms with van der Waals surface area (Å²) in [6.07, 6.45) is 9.27. The zero-order valence-corrected chi connectivity index (χ0v) is 18.6. The largest absolute Gasteiger partial charge is 0.314 e. The van der Waals surface area contributed by atoms with Gasteiger partial charge in [-0.2, -0.15) is 0 Å². The first kappa shape index (κ1) is 18.4. The normalized spacial score (nSPS) is 40.9. The second-order valence-electron chi connectivity index (χ2n) is 10.4. The van der Waals surface area contributed by atoms with Crippen molar-refractivity contribution in [1.82, 2.24) is 5.32 Å². The lowest BCUT2D eigenvalue weighted by Crippen LogP contribution is -2.53. The van der Waals surface area contributed by atoms with E-state index in [-0.39, 0.29) is 5.41 Å². The molecule has 1 N–H and O–H groups in total. The summed E-state index contributed by atoms with van der Waals surface area (Å²) in [7, 11) is 0. The van der Waals surface area contributed by atoms with Crippen LogP contribution in [-0.2, 0) is 6.42 Å². The predicted octanol–water partition coefficient (Wildman–Crippen LogP) is 6.08. The molecule has 2 heteroatoms. The molecule has 0 radical (unpaired) electrons. The SMILES string of the molecule is CC1CC2C(Br)C3CCCNC3CC2C1C(C)(C)C1=Cc2ccccc2C1. The molecular weight excluding hydrogens is 394 g/mol. The molecule has 1 aromatic rings. The maximum absolute atomic E-state index is 4.21. The fraction of sp³-hybridized carbons (Fsp3) is 0.680. The van der Waals surface area contributed by atoms with E-state index < -0.39 is 0 Å². The fourth-order valence-electron chi connectivity index (χ4n) is 7.51. The van der Waals surface area contributed by atoms with Crippen molar-refractivity contribution < 1.29 is 0 Å². The topological polar surface area (TPSA) is 12.0 Å². The van der Waals surface area contributed by atoms with Crippen molar-refractivity contribution in [1.29, 1.82) is 0 Å². The van der Waals surface area contributed by atoms with Gasteiger partial charge < -0.3 is 5.32 Å². The molecule has 1 aliphatic heterocycles. The van der Waals surface area contributed by atoms with E-state index >= 15 is 0 Å². The summed E-state index contributed by atoms with van der Waals surface area (Å²) in [6.45, 7) is 8.88. The average molecular weight is 428 g/mol. The van der Waals surface area contributed by atoms with Gasteiger partial charge in [-0.25, -0.2) is 0 Å². The third-order valence-electron chi connectivity index (χ3n) is 8.68. The molecule has 5 rings (SSSR count). The first-order chi connectivity index (χ1) is 13.0. The molecule has 1 nitrogen and oxygen atoms in total. The van der Waals surface area contributed by atoms with Crippen LogP contribution in [-0.4, -0.2) is 17.4 Å². The third kappa shape index (κ3) is 2.89. The van der Waals surface area contributed by atoms with Crippen LogP contribution in [0.15, 0.2) is 29.8 Å². The Hall–Kier alpha value is -0.600. The van der Waals surface area contributed by atoms with E-state index in [1.54, 1.807) is 5.57 Å². The van der Waals surface area contributed by atoms with Gasteiger partial charge in [0, 0.05) is 10.9 Å². The molecule has 4 aliphatic rings. The van der Waals surface area contributed by atoms with Gasteiger partial charge in [0.05, 0.1) is 0 Å². The molecule has 0 spiro atoms. The van der Waals surface area contributed by atoms with Gasteiger partial charge in [-0.1, -0.05) is 72.6 Å². The first-order valence-electron chi connectivity index (χ1n) is 11.1. The molecule has 3 fully saturated rings. The molecule has 2 saturated carbocycles. The standard InChI is InChI=1S/C25H34BrN/c1-15-11-21-20(14-22-19(24(21)26)9-6-10-27-22)23(15)25(2,3)18-12-16-7-4-5-8-17(16)13-18/h4-5,7-8,12,15,19-24,27H,6,9-11,13-14H2,1-3H3. The second kappa shape index (κ2) is 6.73. The molecule has 1 aromatic carbocycles. The van der Waals surface area contributed by atoms with Crippen molar-refractivity contribution in [2.75, 3.05) is 6.54 Å². The number of piperidine rings is 1. The molecule has 7 atom stereocenters. The molecule has 27 heavy (non-hydrogen) atoms. The van der Waals surface area contributed by atoms with Crippen molar-refractivity contribution in [3.63, 3.8) is 0 Å². The molecular formula is C25H34BrN. The quantitative estimate of drug-likeness (QED) is 0.564. The Morgan fingerprint density at radius 3 is 2.70 bits per heavy atom. The summed E-state index contributed by atoms with van der Waals surface area (Å²) in [5.41, 5.74) is 4.94. The van der Waals surface area contributed by atoms with E-state index in [1.165, 1.54) is 43.4 Å².